The van der Waals surface area contributed by atoms with Crippen LogP contribution in [0.4, 0.5) is 4.79 Å². The van der Waals surface area contributed by atoms with Gasteiger partial charge in [-0.05, 0) is 32.1 Å². The molecule has 2 amide bonds. The Hall–Kier alpha value is -0.810. The van der Waals surface area contributed by atoms with Gasteiger partial charge in [-0.2, -0.15) is 0 Å². The predicted octanol–water partition coefficient (Wildman–Crippen LogP) is 1.40. The lowest BCUT2D eigenvalue weighted by molar-refractivity contribution is -0.172. The van der Waals surface area contributed by atoms with E-state index in [1.54, 1.807) is 0 Å². The highest BCUT2D eigenvalue weighted by Gasteiger charge is 2.66. The van der Waals surface area contributed by atoms with Crippen LogP contribution < -0.4 is 10.6 Å². The van der Waals surface area contributed by atoms with Gasteiger partial charge in [0.15, 0.2) is 0 Å². The van der Waals surface area contributed by atoms with E-state index >= 15 is 0 Å². The average Bonchev–Trinajstić information content (AvgIpc) is 2.79. The summed E-state index contributed by atoms with van der Waals surface area (Å²) in [5, 5.41) is 15.2. The summed E-state index contributed by atoms with van der Waals surface area (Å²) >= 11 is 0. The summed E-state index contributed by atoms with van der Waals surface area (Å²) in [5.74, 6) is 0.513. The summed E-state index contributed by atoms with van der Waals surface area (Å²) in [6.45, 7) is 2.99. The lowest BCUT2D eigenvalue weighted by Gasteiger charge is -2.63. The second kappa shape index (κ2) is 5.53. The summed E-state index contributed by atoms with van der Waals surface area (Å²) in [7, 11) is 0. The lowest BCUT2D eigenvalue weighted by atomic mass is 9.46. The first-order chi connectivity index (χ1) is 9.71. The minimum absolute atomic E-state index is 0.0630. The molecule has 3 fully saturated rings. The van der Waals surface area contributed by atoms with E-state index < -0.39 is 0 Å². The minimum Gasteiger partial charge on any atom is -0.396 e. The molecule has 5 heteroatoms. The van der Waals surface area contributed by atoms with E-state index in [9.17, 15) is 4.79 Å². The highest BCUT2D eigenvalue weighted by Crippen LogP contribution is 2.62. The Bertz CT molecular complexity index is 370. The van der Waals surface area contributed by atoms with Crippen molar-refractivity contribution in [2.24, 2.45) is 11.3 Å². The van der Waals surface area contributed by atoms with Gasteiger partial charge in [0, 0.05) is 36.6 Å². The summed E-state index contributed by atoms with van der Waals surface area (Å²) in [6, 6.07) is 0.273. The van der Waals surface area contributed by atoms with E-state index in [2.05, 4.69) is 10.6 Å². The van der Waals surface area contributed by atoms with Crippen molar-refractivity contribution >= 4 is 6.03 Å². The fourth-order valence-corrected chi connectivity index (χ4v) is 4.36. The minimum atomic E-state index is -0.0769. The van der Waals surface area contributed by atoms with Gasteiger partial charge in [-0.25, -0.2) is 4.79 Å². The molecule has 1 heterocycles. The Labute approximate surface area is 120 Å². The fraction of sp³-hybridized carbons (Fsp3) is 0.933. The molecule has 5 nitrogen and oxygen atoms in total. The van der Waals surface area contributed by atoms with Crippen molar-refractivity contribution in [3.8, 4) is 0 Å². The van der Waals surface area contributed by atoms with Crippen LogP contribution in [0.15, 0.2) is 0 Å². The third kappa shape index (κ3) is 2.11. The molecule has 0 aromatic rings. The van der Waals surface area contributed by atoms with Crippen LogP contribution in [-0.4, -0.2) is 42.5 Å². The van der Waals surface area contributed by atoms with Crippen LogP contribution in [0.3, 0.4) is 0 Å². The first kappa shape index (κ1) is 14.1. The molecule has 0 bridgehead atoms. The summed E-state index contributed by atoms with van der Waals surface area (Å²) in [6.07, 6.45) is 6.56. The molecule has 2 aliphatic carbocycles. The molecule has 4 unspecified atom stereocenters. The van der Waals surface area contributed by atoms with Crippen molar-refractivity contribution in [2.75, 3.05) is 13.2 Å². The molecule has 3 aliphatic rings. The summed E-state index contributed by atoms with van der Waals surface area (Å²) in [5.41, 5.74) is 0.233. The highest BCUT2D eigenvalue weighted by molar-refractivity contribution is 5.75. The van der Waals surface area contributed by atoms with Crippen LogP contribution >= 0.6 is 0 Å². The first-order valence-electron chi connectivity index (χ1n) is 8.01. The Morgan fingerprint density at radius 3 is 2.90 bits per heavy atom. The number of rotatable bonds is 5. The number of ether oxygens (including phenoxy) is 1. The zero-order chi connectivity index (χ0) is 14.2. The maximum absolute atomic E-state index is 12.2. The highest BCUT2D eigenvalue weighted by atomic mass is 16.5. The van der Waals surface area contributed by atoms with Gasteiger partial charge in [-0.1, -0.05) is 13.3 Å². The van der Waals surface area contributed by atoms with Gasteiger partial charge in [0.25, 0.3) is 0 Å². The smallest absolute Gasteiger partial charge is 0.315 e. The maximum Gasteiger partial charge on any atom is 0.315 e. The van der Waals surface area contributed by atoms with Crippen molar-refractivity contribution in [1.29, 1.82) is 0 Å². The van der Waals surface area contributed by atoms with Crippen LogP contribution in [0.5, 0.6) is 0 Å². The molecule has 20 heavy (non-hydrogen) atoms. The molecule has 1 saturated heterocycles. The first-order valence-corrected chi connectivity index (χ1v) is 8.01. The molecule has 3 N–H and O–H groups in total. The number of amides is 2. The van der Waals surface area contributed by atoms with Gasteiger partial charge < -0.3 is 20.5 Å². The number of hydrogen-bond donors (Lipinski definition) is 3. The monoisotopic (exact) mass is 282 g/mol. The second-order valence-corrected chi connectivity index (χ2v) is 6.54. The lowest BCUT2D eigenvalue weighted by Crippen LogP contribution is -2.72. The van der Waals surface area contributed by atoms with Crippen molar-refractivity contribution in [1.82, 2.24) is 10.6 Å². The molecular weight excluding hydrogens is 256 g/mol. The van der Waals surface area contributed by atoms with Crippen molar-refractivity contribution in [3.05, 3.63) is 0 Å². The van der Waals surface area contributed by atoms with Crippen LogP contribution in [0.25, 0.3) is 0 Å². The van der Waals surface area contributed by atoms with E-state index in [0.29, 0.717) is 18.4 Å². The predicted molar refractivity (Wildman–Crippen MR) is 75.4 cm³/mol. The number of carbonyl (C=O) groups is 1. The summed E-state index contributed by atoms with van der Waals surface area (Å²) in [4.78, 5) is 12.2. The zero-order valence-corrected chi connectivity index (χ0v) is 12.2. The maximum atomic E-state index is 12.2. The van der Waals surface area contributed by atoms with Gasteiger partial charge in [-0.3, -0.25) is 0 Å². The Kier molecular flexibility index (Phi) is 3.91. The fourth-order valence-electron chi connectivity index (χ4n) is 4.36. The molecule has 1 aliphatic heterocycles. The largest absolute Gasteiger partial charge is 0.396 e. The standard InChI is InChI=1S/C15H26N2O3/c1-2-10(4-8-18)16-14(19)17-12-11-5-9-20-13(11)15(12)6-3-7-15/h10-13,18H,2-9H2,1H3,(H2,16,17,19). The molecule has 0 aromatic heterocycles. The van der Waals surface area contributed by atoms with E-state index in [-0.39, 0.29) is 30.1 Å². The second-order valence-electron chi connectivity index (χ2n) is 6.54. The van der Waals surface area contributed by atoms with E-state index in [1.807, 2.05) is 6.92 Å². The number of carbonyl (C=O) groups excluding carboxylic acids is 1. The Morgan fingerprint density at radius 1 is 1.50 bits per heavy atom. The molecule has 2 saturated carbocycles. The molecule has 3 rings (SSSR count). The third-order valence-corrected chi connectivity index (χ3v) is 5.63. The number of aliphatic hydroxyl groups is 1. The zero-order valence-electron chi connectivity index (χ0n) is 12.2. The molecule has 0 radical (unpaired) electrons. The van der Waals surface area contributed by atoms with E-state index in [1.165, 1.54) is 19.3 Å². The van der Waals surface area contributed by atoms with Crippen LogP contribution in [0, 0.1) is 11.3 Å². The Balaban J connectivity index is 1.55. The quantitative estimate of drug-likeness (QED) is 0.714. The summed E-state index contributed by atoms with van der Waals surface area (Å²) < 4.78 is 5.86. The Morgan fingerprint density at radius 2 is 2.30 bits per heavy atom. The van der Waals surface area contributed by atoms with Crippen molar-refractivity contribution < 1.29 is 14.6 Å². The van der Waals surface area contributed by atoms with Crippen LogP contribution in [0.1, 0.15) is 45.4 Å². The normalized spacial score (nSPS) is 34.8. The number of urea groups is 1. The molecule has 114 valence electrons. The van der Waals surface area contributed by atoms with E-state index in [4.69, 9.17) is 9.84 Å². The van der Waals surface area contributed by atoms with Gasteiger partial charge in [0.1, 0.15) is 0 Å². The van der Waals surface area contributed by atoms with Gasteiger partial charge in [-0.15, -0.1) is 0 Å². The molecule has 4 atom stereocenters. The molecule has 0 aromatic carbocycles. The topological polar surface area (TPSA) is 70.6 Å². The molecule has 1 spiro atoms. The van der Waals surface area contributed by atoms with Gasteiger partial charge in [0.2, 0.25) is 0 Å². The van der Waals surface area contributed by atoms with E-state index in [0.717, 1.165) is 19.4 Å². The number of aliphatic hydroxyl groups excluding tert-OH is 1. The number of nitrogens with one attached hydrogen (secondary N) is 2. The van der Waals surface area contributed by atoms with Crippen LogP contribution in [0.2, 0.25) is 0 Å². The average molecular weight is 282 g/mol. The van der Waals surface area contributed by atoms with Crippen molar-refractivity contribution in [2.45, 2.75) is 63.6 Å². The van der Waals surface area contributed by atoms with Crippen molar-refractivity contribution in [3.63, 3.8) is 0 Å². The van der Waals surface area contributed by atoms with Crippen LogP contribution in [-0.2, 0) is 4.74 Å². The SMILES string of the molecule is CCC(CCO)NC(=O)NC1C2CCOC2C12CCC2. The number of fused-ring (bicyclic) bond motifs is 2. The molecular formula is C15H26N2O3. The number of hydrogen-bond acceptors (Lipinski definition) is 3. The van der Waals surface area contributed by atoms with Gasteiger partial charge >= 0.3 is 6.03 Å². The van der Waals surface area contributed by atoms with Gasteiger partial charge in [0.05, 0.1) is 6.10 Å². The third-order valence-electron chi connectivity index (χ3n) is 5.63.